The highest BCUT2D eigenvalue weighted by atomic mass is 19.1. The summed E-state index contributed by atoms with van der Waals surface area (Å²) >= 11 is 0. The summed E-state index contributed by atoms with van der Waals surface area (Å²) in [6.45, 7) is 1.81. The van der Waals surface area contributed by atoms with Gasteiger partial charge >= 0.3 is 0 Å². The zero-order chi connectivity index (χ0) is 13.8. The summed E-state index contributed by atoms with van der Waals surface area (Å²) in [6, 6.07) is 7.88. The monoisotopic (exact) mass is 261 g/mol. The highest BCUT2D eigenvalue weighted by Gasteiger charge is 2.09. The first-order chi connectivity index (χ1) is 9.08. The van der Waals surface area contributed by atoms with Crippen molar-refractivity contribution in [1.82, 2.24) is 9.97 Å². The van der Waals surface area contributed by atoms with Gasteiger partial charge in [-0.2, -0.15) is 4.98 Å². The summed E-state index contributed by atoms with van der Waals surface area (Å²) in [4.78, 5) is 8.55. The lowest BCUT2D eigenvalue weighted by Crippen LogP contribution is -2.12. The van der Waals surface area contributed by atoms with Gasteiger partial charge in [-0.25, -0.2) is 9.37 Å². The first kappa shape index (κ1) is 13.4. The van der Waals surface area contributed by atoms with Crippen molar-refractivity contribution in [2.45, 2.75) is 19.4 Å². The van der Waals surface area contributed by atoms with E-state index in [0.29, 0.717) is 18.1 Å². The van der Waals surface area contributed by atoms with Crippen LogP contribution in [0.5, 0.6) is 5.88 Å². The van der Waals surface area contributed by atoms with Crippen molar-refractivity contribution in [3.8, 4) is 5.88 Å². The van der Waals surface area contributed by atoms with Crippen LogP contribution >= 0.6 is 0 Å². The molecule has 100 valence electrons. The lowest BCUT2D eigenvalue weighted by Gasteiger charge is -2.09. The van der Waals surface area contributed by atoms with Gasteiger partial charge in [0.05, 0.1) is 18.8 Å². The quantitative estimate of drug-likeness (QED) is 0.916. The van der Waals surface area contributed by atoms with Crippen LogP contribution in [0, 0.1) is 5.82 Å². The smallest absolute Gasteiger partial charge is 0.216 e. The van der Waals surface area contributed by atoms with Gasteiger partial charge in [-0.05, 0) is 24.6 Å². The zero-order valence-corrected chi connectivity index (χ0v) is 10.9. The first-order valence-corrected chi connectivity index (χ1v) is 6.00. The van der Waals surface area contributed by atoms with E-state index in [1.165, 1.54) is 12.1 Å². The molecule has 0 amide bonds. The van der Waals surface area contributed by atoms with E-state index in [-0.39, 0.29) is 11.9 Å². The maximum absolute atomic E-state index is 13.1. The molecule has 0 fully saturated rings. The third-order valence-electron chi connectivity index (χ3n) is 2.66. The van der Waals surface area contributed by atoms with E-state index in [4.69, 9.17) is 10.5 Å². The van der Waals surface area contributed by atoms with Gasteiger partial charge in [0.2, 0.25) is 5.88 Å². The average Bonchev–Trinajstić information content (AvgIpc) is 2.38. The van der Waals surface area contributed by atoms with Gasteiger partial charge in [0.15, 0.2) is 0 Å². The lowest BCUT2D eigenvalue weighted by atomic mass is 10.1. The molecular formula is C14H16FN3O. The molecule has 0 saturated carbocycles. The van der Waals surface area contributed by atoms with E-state index < -0.39 is 0 Å². The van der Waals surface area contributed by atoms with Crippen LogP contribution in [-0.2, 0) is 6.42 Å². The minimum atomic E-state index is -0.277. The molecule has 0 aliphatic rings. The Morgan fingerprint density at radius 2 is 2.11 bits per heavy atom. The molecule has 1 aromatic carbocycles. The second-order valence-electron chi connectivity index (χ2n) is 4.36. The molecule has 0 saturated heterocycles. The predicted molar refractivity (Wildman–Crippen MR) is 70.4 cm³/mol. The minimum absolute atomic E-state index is 0.258. The fraction of sp³-hybridized carbons (Fsp3) is 0.286. The van der Waals surface area contributed by atoms with Crippen LogP contribution in [0.25, 0.3) is 0 Å². The normalized spacial score (nSPS) is 12.2. The molecule has 2 aromatic rings. The number of benzene rings is 1. The molecule has 5 heteroatoms. The van der Waals surface area contributed by atoms with Crippen molar-refractivity contribution in [2.75, 3.05) is 7.11 Å². The number of nitrogens with two attached hydrogens (primary N) is 1. The molecule has 1 aromatic heterocycles. The molecule has 4 nitrogen and oxygen atoms in total. The van der Waals surface area contributed by atoms with Gasteiger partial charge in [0.1, 0.15) is 11.6 Å². The number of rotatable bonds is 4. The topological polar surface area (TPSA) is 61.0 Å². The van der Waals surface area contributed by atoms with Crippen molar-refractivity contribution < 1.29 is 9.13 Å². The molecule has 1 heterocycles. The zero-order valence-electron chi connectivity index (χ0n) is 10.9. The summed E-state index contributed by atoms with van der Waals surface area (Å²) in [7, 11) is 1.54. The summed E-state index contributed by atoms with van der Waals surface area (Å²) in [5.41, 5.74) is 7.38. The van der Waals surface area contributed by atoms with Crippen molar-refractivity contribution >= 4 is 0 Å². The third kappa shape index (κ3) is 3.48. The molecule has 1 unspecified atom stereocenters. The van der Waals surface area contributed by atoms with Crippen LogP contribution < -0.4 is 10.5 Å². The molecule has 0 aliphatic heterocycles. The van der Waals surface area contributed by atoms with Crippen LogP contribution in [0.4, 0.5) is 4.39 Å². The van der Waals surface area contributed by atoms with Gasteiger partial charge in [-0.1, -0.05) is 12.1 Å². The van der Waals surface area contributed by atoms with Crippen LogP contribution in [0.1, 0.15) is 30.0 Å². The Labute approximate surface area is 111 Å². The molecule has 1 atom stereocenters. The third-order valence-corrected chi connectivity index (χ3v) is 2.66. The SMILES string of the molecule is COc1cc(Cc2cccc(F)c2)nc(C(C)N)n1. The van der Waals surface area contributed by atoms with Crippen LogP contribution in [0.2, 0.25) is 0 Å². The van der Waals surface area contributed by atoms with Gasteiger partial charge in [-0.3, -0.25) is 0 Å². The van der Waals surface area contributed by atoms with E-state index in [2.05, 4.69) is 9.97 Å². The highest BCUT2D eigenvalue weighted by Crippen LogP contribution is 2.16. The summed E-state index contributed by atoms with van der Waals surface area (Å²) in [5, 5.41) is 0. The van der Waals surface area contributed by atoms with Crippen molar-refractivity contribution in [3.05, 3.63) is 53.2 Å². The molecule has 2 rings (SSSR count). The van der Waals surface area contributed by atoms with E-state index in [9.17, 15) is 4.39 Å². The molecular weight excluding hydrogens is 245 g/mol. The Hall–Kier alpha value is -2.01. The van der Waals surface area contributed by atoms with E-state index in [1.807, 2.05) is 6.07 Å². The number of aromatic nitrogens is 2. The number of ether oxygens (including phenoxy) is 1. The highest BCUT2D eigenvalue weighted by molar-refractivity contribution is 5.25. The number of hydrogen-bond acceptors (Lipinski definition) is 4. The van der Waals surface area contributed by atoms with Crippen LogP contribution in [0.3, 0.4) is 0 Å². The summed E-state index contributed by atoms with van der Waals surface area (Å²) in [6.07, 6.45) is 0.510. The predicted octanol–water partition coefficient (Wildman–Crippen LogP) is 2.23. The maximum atomic E-state index is 13.1. The Kier molecular flexibility index (Phi) is 4.06. The molecule has 19 heavy (non-hydrogen) atoms. The van der Waals surface area contributed by atoms with Crippen LogP contribution in [0.15, 0.2) is 30.3 Å². The molecule has 0 radical (unpaired) electrons. The Bertz CT molecular complexity index is 572. The van der Waals surface area contributed by atoms with Crippen molar-refractivity contribution in [2.24, 2.45) is 5.73 Å². The largest absolute Gasteiger partial charge is 0.481 e. The number of methoxy groups -OCH3 is 1. The summed E-state index contributed by atoms with van der Waals surface area (Å²) < 4.78 is 18.3. The minimum Gasteiger partial charge on any atom is -0.481 e. The number of halogens is 1. The van der Waals surface area contributed by atoms with E-state index in [0.717, 1.165) is 11.3 Å². The Balaban J connectivity index is 2.31. The second-order valence-corrected chi connectivity index (χ2v) is 4.36. The molecule has 2 N–H and O–H groups in total. The van der Waals surface area contributed by atoms with Gasteiger partial charge in [0.25, 0.3) is 0 Å². The fourth-order valence-electron chi connectivity index (χ4n) is 1.75. The fourth-order valence-corrected chi connectivity index (χ4v) is 1.75. The lowest BCUT2D eigenvalue weighted by molar-refractivity contribution is 0.392. The Morgan fingerprint density at radius 3 is 2.74 bits per heavy atom. The van der Waals surface area contributed by atoms with Crippen molar-refractivity contribution in [3.63, 3.8) is 0 Å². The van der Waals surface area contributed by atoms with E-state index in [1.54, 1.807) is 26.2 Å². The van der Waals surface area contributed by atoms with E-state index >= 15 is 0 Å². The first-order valence-electron chi connectivity index (χ1n) is 6.00. The van der Waals surface area contributed by atoms with Crippen LogP contribution in [-0.4, -0.2) is 17.1 Å². The van der Waals surface area contributed by atoms with Gasteiger partial charge in [0, 0.05) is 12.5 Å². The summed E-state index contributed by atoms with van der Waals surface area (Å²) in [5.74, 6) is 0.727. The molecule has 0 spiro atoms. The Morgan fingerprint density at radius 1 is 1.32 bits per heavy atom. The van der Waals surface area contributed by atoms with Crippen molar-refractivity contribution in [1.29, 1.82) is 0 Å². The molecule has 0 aliphatic carbocycles. The second kappa shape index (κ2) is 5.75. The number of nitrogens with zero attached hydrogens (tertiary/aromatic N) is 2. The van der Waals surface area contributed by atoms with Gasteiger partial charge in [-0.15, -0.1) is 0 Å². The average molecular weight is 261 g/mol. The molecule has 0 bridgehead atoms. The number of hydrogen-bond donors (Lipinski definition) is 1. The standard InChI is InChI=1S/C14H16FN3O/c1-9(16)14-17-12(8-13(18-14)19-2)7-10-4-3-5-11(15)6-10/h3-6,8-9H,7,16H2,1-2H3. The maximum Gasteiger partial charge on any atom is 0.216 e. The van der Waals surface area contributed by atoms with Gasteiger partial charge < -0.3 is 10.5 Å².